The van der Waals surface area contributed by atoms with Gasteiger partial charge in [-0.25, -0.2) is 5.43 Å². The zero-order valence-corrected chi connectivity index (χ0v) is 17.4. The van der Waals surface area contributed by atoms with E-state index >= 15 is 0 Å². The summed E-state index contributed by atoms with van der Waals surface area (Å²) in [4.78, 5) is 12.0. The SMILES string of the molecule is CC(CCc1ccccc1)=NNC(=O)CNc1c(Br)cc(C)cc1Br. The van der Waals surface area contributed by atoms with Crippen molar-refractivity contribution in [2.75, 3.05) is 11.9 Å². The van der Waals surface area contributed by atoms with Crippen molar-refractivity contribution in [3.8, 4) is 0 Å². The molecule has 0 aliphatic heterocycles. The highest BCUT2D eigenvalue weighted by atomic mass is 79.9. The van der Waals surface area contributed by atoms with E-state index in [1.54, 1.807) is 0 Å². The van der Waals surface area contributed by atoms with Crippen LogP contribution in [0.5, 0.6) is 0 Å². The minimum absolute atomic E-state index is 0.149. The number of hydrogen-bond acceptors (Lipinski definition) is 3. The zero-order chi connectivity index (χ0) is 18.2. The highest BCUT2D eigenvalue weighted by molar-refractivity contribution is 9.11. The van der Waals surface area contributed by atoms with Crippen LogP contribution in [0, 0.1) is 6.92 Å². The molecular formula is C19H21Br2N3O. The Bertz CT molecular complexity index is 738. The van der Waals surface area contributed by atoms with Crippen LogP contribution in [0.3, 0.4) is 0 Å². The lowest BCUT2D eigenvalue weighted by Crippen LogP contribution is -2.27. The highest BCUT2D eigenvalue weighted by Crippen LogP contribution is 2.32. The van der Waals surface area contributed by atoms with E-state index in [1.165, 1.54) is 5.56 Å². The number of halogens is 2. The van der Waals surface area contributed by atoms with Gasteiger partial charge >= 0.3 is 0 Å². The summed E-state index contributed by atoms with van der Waals surface area (Å²) in [6.07, 6.45) is 1.72. The number of aryl methyl sites for hydroxylation is 2. The van der Waals surface area contributed by atoms with Crippen LogP contribution in [-0.4, -0.2) is 18.2 Å². The van der Waals surface area contributed by atoms with E-state index in [9.17, 15) is 4.79 Å². The third-order valence-corrected chi connectivity index (χ3v) is 4.85. The number of rotatable bonds is 7. The second kappa shape index (κ2) is 9.73. The summed E-state index contributed by atoms with van der Waals surface area (Å²) >= 11 is 7.00. The van der Waals surface area contributed by atoms with Gasteiger partial charge < -0.3 is 5.32 Å². The Hall–Kier alpha value is -1.66. The summed E-state index contributed by atoms with van der Waals surface area (Å²) in [5.74, 6) is -0.182. The monoisotopic (exact) mass is 465 g/mol. The molecule has 0 unspecified atom stereocenters. The third-order valence-electron chi connectivity index (χ3n) is 3.60. The quantitative estimate of drug-likeness (QED) is 0.442. The van der Waals surface area contributed by atoms with Gasteiger partial charge in [-0.05, 0) is 81.8 Å². The van der Waals surface area contributed by atoms with Crippen molar-refractivity contribution in [3.63, 3.8) is 0 Å². The number of hydrogen-bond donors (Lipinski definition) is 2. The van der Waals surface area contributed by atoms with Gasteiger partial charge in [0.15, 0.2) is 0 Å². The van der Waals surface area contributed by atoms with Crippen molar-refractivity contribution in [2.45, 2.75) is 26.7 Å². The Kier molecular flexibility index (Phi) is 7.65. The first-order valence-electron chi connectivity index (χ1n) is 8.01. The number of hydrazone groups is 1. The maximum absolute atomic E-state index is 12.0. The topological polar surface area (TPSA) is 53.5 Å². The minimum atomic E-state index is -0.182. The van der Waals surface area contributed by atoms with Gasteiger partial charge in [0.05, 0.1) is 12.2 Å². The standard InChI is InChI=1S/C19H21Br2N3O/c1-13-10-16(20)19(17(21)11-13)22-12-18(25)24-23-14(2)8-9-15-6-4-3-5-7-15/h3-7,10-11,22H,8-9,12H2,1-2H3,(H,24,25). The van der Waals surface area contributed by atoms with Crippen molar-refractivity contribution < 1.29 is 4.79 Å². The van der Waals surface area contributed by atoms with Gasteiger partial charge in [-0.3, -0.25) is 4.79 Å². The molecule has 0 heterocycles. The fourth-order valence-corrected chi connectivity index (χ4v) is 3.96. The van der Waals surface area contributed by atoms with E-state index in [0.29, 0.717) is 0 Å². The summed E-state index contributed by atoms with van der Waals surface area (Å²) in [5.41, 5.74) is 6.74. The van der Waals surface area contributed by atoms with E-state index in [0.717, 1.165) is 38.7 Å². The van der Waals surface area contributed by atoms with Crippen LogP contribution in [-0.2, 0) is 11.2 Å². The smallest absolute Gasteiger partial charge is 0.259 e. The maximum Gasteiger partial charge on any atom is 0.259 e. The lowest BCUT2D eigenvalue weighted by Gasteiger charge is -2.11. The molecule has 0 aliphatic rings. The lowest BCUT2D eigenvalue weighted by atomic mass is 10.1. The number of nitrogens with zero attached hydrogens (tertiary/aromatic N) is 1. The van der Waals surface area contributed by atoms with Crippen molar-refractivity contribution in [3.05, 3.63) is 62.5 Å². The zero-order valence-electron chi connectivity index (χ0n) is 14.3. The Morgan fingerprint density at radius 2 is 1.76 bits per heavy atom. The molecule has 0 atom stereocenters. The van der Waals surface area contributed by atoms with E-state index in [4.69, 9.17) is 0 Å². The van der Waals surface area contributed by atoms with Gasteiger partial charge in [0.1, 0.15) is 0 Å². The second-order valence-electron chi connectivity index (χ2n) is 5.82. The molecule has 4 nitrogen and oxygen atoms in total. The van der Waals surface area contributed by atoms with Crippen LogP contribution in [0.1, 0.15) is 24.5 Å². The predicted molar refractivity (Wildman–Crippen MR) is 111 cm³/mol. The number of anilines is 1. The average molecular weight is 467 g/mol. The highest BCUT2D eigenvalue weighted by Gasteiger charge is 2.08. The number of carbonyl (C=O) groups is 1. The van der Waals surface area contributed by atoms with Crippen LogP contribution >= 0.6 is 31.9 Å². The number of nitrogens with one attached hydrogen (secondary N) is 2. The first-order valence-corrected chi connectivity index (χ1v) is 9.59. The predicted octanol–water partition coefficient (Wildman–Crippen LogP) is 5.06. The average Bonchev–Trinajstić information content (AvgIpc) is 2.58. The molecule has 0 aliphatic carbocycles. The summed E-state index contributed by atoms with van der Waals surface area (Å²) in [6.45, 7) is 4.08. The fourth-order valence-electron chi connectivity index (χ4n) is 2.26. The second-order valence-corrected chi connectivity index (χ2v) is 7.53. The number of benzene rings is 2. The fraction of sp³-hybridized carbons (Fsp3) is 0.263. The molecule has 25 heavy (non-hydrogen) atoms. The molecule has 0 spiro atoms. The third kappa shape index (κ3) is 6.63. The van der Waals surface area contributed by atoms with Crippen LogP contribution < -0.4 is 10.7 Å². The van der Waals surface area contributed by atoms with Crippen LogP contribution in [0.2, 0.25) is 0 Å². The number of carbonyl (C=O) groups excluding carboxylic acids is 1. The first-order chi connectivity index (χ1) is 12.0. The van der Waals surface area contributed by atoms with Crippen molar-refractivity contribution in [2.24, 2.45) is 5.10 Å². The molecule has 0 radical (unpaired) electrons. The molecule has 0 saturated carbocycles. The van der Waals surface area contributed by atoms with Crippen LogP contribution in [0.15, 0.2) is 56.5 Å². The molecule has 132 valence electrons. The molecule has 2 N–H and O–H groups in total. The summed E-state index contributed by atoms with van der Waals surface area (Å²) in [7, 11) is 0. The van der Waals surface area contributed by atoms with Crippen molar-refractivity contribution in [1.82, 2.24) is 5.43 Å². The van der Waals surface area contributed by atoms with Crippen molar-refractivity contribution >= 4 is 49.2 Å². The molecule has 0 aromatic heterocycles. The Morgan fingerprint density at radius 3 is 2.40 bits per heavy atom. The maximum atomic E-state index is 12.0. The Labute approximate surface area is 165 Å². The lowest BCUT2D eigenvalue weighted by molar-refractivity contribution is -0.119. The van der Waals surface area contributed by atoms with E-state index < -0.39 is 0 Å². The van der Waals surface area contributed by atoms with Gasteiger partial charge in [-0.15, -0.1) is 0 Å². The normalized spacial score (nSPS) is 11.3. The minimum Gasteiger partial charge on any atom is -0.374 e. The Balaban J connectivity index is 1.80. The number of amides is 1. The van der Waals surface area contributed by atoms with Gasteiger partial charge in [0.2, 0.25) is 0 Å². The van der Waals surface area contributed by atoms with Gasteiger partial charge in [-0.1, -0.05) is 30.3 Å². The first kappa shape index (κ1) is 19.7. The molecule has 2 rings (SSSR count). The van der Waals surface area contributed by atoms with Gasteiger partial charge in [0.25, 0.3) is 5.91 Å². The molecule has 0 saturated heterocycles. The van der Waals surface area contributed by atoms with Gasteiger partial charge in [-0.2, -0.15) is 5.10 Å². The largest absolute Gasteiger partial charge is 0.374 e. The molecule has 1 amide bonds. The van der Waals surface area contributed by atoms with E-state index in [1.807, 2.05) is 44.2 Å². The summed E-state index contributed by atoms with van der Waals surface area (Å²) in [6, 6.07) is 14.2. The molecule has 6 heteroatoms. The van der Waals surface area contributed by atoms with E-state index in [-0.39, 0.29) is 12.5 Å². The van der Waals surface area contributed by atoms with Crippen molar-refractivity contribution in [1.29, 1.82) is 0 Å². The van der Waals surface area contributed by atoms with Gasteiger partial charge in [0, 0.05) is 14.7 Å². The van der Waals surface area contributed by atoms with E-state index in [2.05, 4.69) is 59.8 Å². The summed E-state index contributed by atoms with van der Waals surface area (Å²) < 4.78 is 1.82. The molecule has 2 aromatic rings. The van der Waals surface area contributed by atoms with Crippen LogP contribution in [0.25, 0.3) is 0 Å². The molecule has 0 fully saturated rings. The summed E-state index contributed by atoms with van der Waals surface area (Å²) in [5, 5.41) is 7.28. The van der Waals surface area contributed by atoms with Crippen LogP contribution in [0.4, 0.5) is 5.69 Å². The molecule has 0 bridgehead atoms. The molecular weight excluding hydrogens is 446 g/mol. The Morgan fingerprint density at radius 1 is 1.12 bits per heavy atom. The molecule has 2 aromatic carbocycles.